The van der Waals surface area contributed by atoms with E-state index in [9.17, 15) is 14.7 Å². The molecule has 3 aromatic rings. The Labute approximate surface area is 254 Å². The van der Waals surface area contributed by atoms with Gasteiger partial charge in [-0.2, -0.15) is 0 Å². The van der Waals surface area contributed by atoms with Gasteiger partial charge < -0.3 is 20.2 Å². The van der Waals surface area contributed by atoms with Crippen molar-refractivity contribution >= 4 is 17.5 Å². The molecule has 0 unspecified atom stereocenters. The molecule has 4 saturated carbocycles. The molecule has 8 rings (SSSR count). The maximum Gasteiger partial charge on any atom is 0.255 e. The monoisotopic (exact) mass is 573 g/mol. The number of phenols is 1. The van der Waals surface area contributed by atoms with Crippen LogP contribution >= 0.6 is 0 Å². The molecule has 1 aliphatic heterocycles. The van der Waals surface area contributed by atoms with Crippen molar-refractivity contribution in [1.82, 2.24) is 10.2 Å². The van der Waals surface area contributed by atoms with E-state index in [4.69, 9.17) is 0 Å². The van der Waals surface area contributed by atoms with Crippen molar-refractivity contribution in [2.24, 2.45) is 23.2 Å². The highest BCUT2D eigenvalue weighted by atomic mass is 16.3. The van der Waals surface area contributed by atoms with Crippen LogP contribution in [0.25, 0.3) is 0 Å². The number of rotatable bonds is 5. The Hall–Kier alpha value is -4.24. The molecular formula is C37H39N3O3. The lowest BCUT2D eigenvalue weighted by atomic mass is 9.49. The van der Waals surface area contributed by atoms with Crippen LogP contribution in [0.5, 0.6) is 5.75 Å². The SMILES string of the molecule is O=C(NCC12CC3CC(CC(C3)C1)C2)c1ccc(N2CCN(C(=O)c3ccccc3C#Cc3cccc(O)c3)CC2)cc1. The first-order valence-corrected chi connectivity index (χ1v) is 15.8. The van der Waals surface area contributed by atoms with E-state index in [-0.39, 0.29) is 17.6 Å². The van der Waals surface area contributed by atoms with E-state index in [1.165, 1.54) is 38.5 Å². The van der Waals surface area contributed by atoms with Crippen LogP contribution in [0.3, 0.4) is 0 Å². The Morgan fingerprint density at radius 3 is 2.16 bits per heavy atom. The van der Waals surface area contributed by atoms with Crippen molar-refractivity contribution in [2.75, 3.05) is 37.6 Å². The third-order valence-corrected chi connectivity index (χ3v) is 10.2. The second-order valence-electron chi connectivity index (χ2n) is 13.3. The summed E-state index contributed by atoms with van der Waals surface area (Å²) >= 11 is 0. The van der Waals surface area contributed by atoms with Gasteiger partial charge in [-0.05, 0) is 116 Å². The average Bonchev–Trinajstić information content (AvgIpc) is 3.02. The van der Waals surface area contributed by atoms with Gasteiger partial charge in [-0.1, -0.05) is 30.0 Å². The van der Waals surface area contributed by atoms with Gasteiger partial charge >= 0.3 is 0 Å². The van der Waals surface area contributed by atoms with Crippen molar-refractivity contribution in [1.29, 1.82) is 0 Å². The molecule has 5 fully saturated rings. The number of hydrogen-bond acceptors (Lipinski definition) is 4. The van der Waals surface area contributed by atoms with Gasteiger partial charge in [-0.3, -0.25) is 9.59 Å². The van der Waals surface area contributed by atoms with E-state index in [1.54, 1.807) is 18.2 Å². The number of benzene rings is 3. The summed E-state index contributed by atoms with van der Waals surface area (Å²) in [6, 6.07) is 22.2. The molecule has 0 aromatic heterocycles. The van der Waals surface area contributed by atoms with E-state index < -0.39 is 0 Å². The fourth-order valence-corrected chi connectivity index (χ4v) is 8.54. The van der Waals surface area contributed by atoms with Crippen molar-refractivity contribution in [3.05, 3.63) is 95.1 Å². The van der Waals surface area contributed by atoms with Gasteiger partial charge in [0.1, 0.15) is 5.75 Å². The van der Waals surface area contributed by atoms with Crippen LogP contribution in [0.4, 0.5) is 5.69 Å². The molecule has 6 heteroatoms. The number of nitrogens with one attached hydrogen (secondary N) is 1. The quantitative estimate of drug-likeness (QED) is 0.384. The van der Waals surface area contributed by atoms with Crippen LogP contribution in [0.15, 0.2) is 72.8 Å². The Kier molecular flexibility index (Phi) is 7.34. The van der Waals surface area contributed by atoms with Crippen molar-refractivity contribution in [2.45, 2.75) is 38.5 Å². The zero-order valence-corrected chi connectivity index (χ0v) is 24.6. The summed E-state index contributed by atoms with van der Waals surface area (Å²) in [6.45, 7) is 3.49. The third-order valence-electron chi connectivity index (χ3n) is 10.2. The number of hydrogen-bond donors (Lipinski definition) is 2. The zero-order valence-electron chi connectivity index (χ0n) is 24.6. The number of amides is 2. The molecule has 2 amide bonds. The number of anilines is 1. The molecular weight excluding hydrogens is 534 g/mol. The van der Waals surface area contributed by atoms with E-state index in [1.807, 2.05) is 59.5 Å². The third kappa shape index (κ3) is 5.86. The summed E-state index contributed by atoms with van der Waals surface area (Å²) in [5.74, 6) is 9.01. The molecule has 2 N–H and O–H groups in total. The fourth-order valence-electron chi connectivity index (χ4n) is 8.54. The molecule has 5 aliphatic rings. The molecule has 6 nitrogen and oxygen atoms in total. The minimum Gasteiger partial charge on any atom is -0.508 e. The van der Waals surface area contributed by atoms with Gasteiger partial charge in [0.15, 0.2) is 0 Å². The second-order valence-corrected chi connectivity index (χ2v) is 13.3. The molecule has 4 bridgehead atoms. The number of phenolic OH excluding ortho intramolecular Hbond substituents is 1. The normalized spacial score (nSPS) is 25.6. The predicted octanol–water partition coefficient (Wildman–Crippen LogP) is 5.70. The first-order valence-electron chi connectivity index (χ1n) is 15.8. The molecule has 4 aliphatic carbocycles. The highest BCUT2D eigenvalue weighted by Gasteiger charge is 2.50. The Morgan fingerprint density at radius 2 is 1.49 bits per heavy atom. The second kappa shape index (κ2) is 11.4. The average molecular weight is 574 g/mol. The molecule has 0 spiro atoms. The molecule has 1 saturated heterocycles. The van der Waals surface area contributed by atoms with E-state index >= 15 is 0 Å². The highest BCUT2D eigenvalue weighted by molar-refractivity contribution is 5.97. The Bertz CT molecular complexity index is 1540. The molecule has 1 heterocycles. The van der Waals surface area contributed by atoms with Gasteiger partial charge in [0, 0.05) is 55.1 Å². The van der Waals surface area contributed by atoms with Crippen LogP contribution in [-0.4, -0.2) is 54.5 Å². The van der Waals surface area contributed by atoms with E-state index in [0.717, 1.165) is 43.1 Å². The van der Waals surface area contributed by atoms with Crippen molar-refractivity contribution in [3.8, 4) is 17.6 Å². The van der Waals surface area contributed by atoms with Crippen LogP contribution in [0.1, 0.15) is 70.4 Å². The molecule has 3 aromatic carbocycles. The van der Waals surface area contributed by atoms with Gasteiger partial charge in [-0.25, -0.2) is 0 Å². The van der Waals surface area contributed by atoms with Gasteiger partial charge in [-0.15, -0.1) is 0 Å². The number of carbonyl (C=O) groups excluding carboxylic acids is 2. The van der Waals surface area contributed by atoms with Gasteiger partial charge in [0.2, 0.25) is 0 Å². The zero-order chi connectivity index (χ0) is 29.4. The topological polar surface area (TPSA) is 72.9 Å². The molecule has 0 atom stereocenters. The summed E-state index contributed by atoms with van der Waals surface area (Å²) in [5.41, 5.74) is 4.08. The van der Waals surface area contributed by atoms with Crippen molar-refractivity contribution < 1.29 is 14.7 Å². The summed E-state index contributed by atoms with van der Waals surface area (Å²) in [4.78, 5) is 30.7. The van der Waals surface area contributed by atoms with Crippen molar-refractivity contribution in [3.63, 3.8) is 0 Å². The number of aromatic hydroxyl groups is 1. The molecule has 220 valence electrons. The first kappa shape index (κ1) is 27.6. The lowest BCUT2D eigenvalue weighted by Gasteiger charge is -2.56. The van der Waals surface area contributed by atoms with E-state index in [0.29, 0.717) is 40.8 Å². The molecule has 0 radical (unpaired) electrons. The Morgan fingerprint density at radius 1 is 0.814 bits per heavy atom. The summed E-state index contributed by atoms with van der Waals surface area (Å²) in [5, 5.41) is 13.0. The minimum atomic E-state index is -0.0218. The van der Waals surface area contributed by atoms with Crippen LogP contribution in [0.2, 0.25) is 0 Å². The van der Waals surface area contributed by atoms with Crippen LogP contribution < -0.4 is 10.2 Å². The maximum atomic E-state index is 13.5. The summed E-state index contributed by atoms with van der Waals surface area (Å²) in [6.07, 6.45) is 8.14. The minimum absolute atomic E-state index is 0.0218. The molecule has 43 heavy (non-hydrogen) atoms. The van der Waals surface area contributed by atoms with Crippen LogP contribution in [-0.2, 0) is 0 Å². The lowest BCUT2D eigenvalue weighted by molar-refractivity contribution is -0.0503. The van der Waals surface area contributed by atoms with E-state index in [2.05, 4.69) is 22.1 Å². The van der Waals surface area contributed by atoms with Crippen LogP contribution in [0, 0.1) is 35.0 Å². The summed E-state index contributed by atoms with van der Waals surface area (Å²) in [7, 11) is 0. The summed E-state index contributed by atoms with van der Waals surface area (Å²) < 4.78 is 0. The predicted molar refractivity (Wildman–Crippen MR) is 168 cm³/mol. The number of nitrogens with zero attached hydrogens (tertiary/aromatic N) is 2. The highest BCUT2D eigenvalue weighted by Crippen LogP contribution is 2.59. The van der Waals surface area contributed by atoms with Gasteiger partial charge in [0.25, 0.3) is 11.8 Å². The fraction of sp³-hybridized carbons (Fsp3) is 0.405. The standard InChI is InChI=1S/C37H39N3O3/c41-33-6-3-4-26(21-33)8-9-30-5-1-2-7-34(30)36(43)40-16-14-39(15-17-40)32-12-10-31(11-13-32)35(42)38-25-37-22-27-18-28(23-37)20-29(19-27)24-37/h1-7,10-13,21,27-29,41H,14-20,22-25H2,(H,38,42). The number of carbonyl (C=O) groups is 2. The largest absolute Gasteiger partial charge is 0.508 e. The smallest absolute Gasteiger partial charge is 0.255 e. The maximum absolute atomic E-state index is 13.5. The van der Waals surface area contributed by atoms with Gasteiger partial charge in [0.05, 0.1) is 5.56 Å². The number of piperazine rings is 1. The first-order chi connectivity index (χ1) is 20.9. The Balaban J connectivity index is 0.939. The lowest BCUT2D eigenvalue weighted by Crippen LogP contribution is -2.51.